The van der Waals surface area contributed by atoms with Gasteiger partial charge in [0.25, 0.3) is 0 Å². The first kappa shape index (κ1) is 15.3. The van der Waals surface area contributed by atoms with Crippen LogP contribution in [0.5, 0.6) is 5.75 Å². The van der Waals surface area contributed by atoms with E-state index in [1.807, 2.05) is 26.1 Å². The molecule has 4 nitrogen and oxygen atoms in total. The molecule has 0 aromatic carbocycles. The zero-order chi connectivity index (χ0) is 14.4. The molecule has 0 amide bonds. The van der Waals surface area contributed by atoms with Crippen molar-refractivity contribution in [2.45, 2.75) is 64.5 Å². The standard InChI is InChI=1S/C16H27N3O/c1-12(2)20-15-9-14(10-18-11-15)16(19-17)8-7-13-5-3-4-6-13/h9-13,16,19H,3-8,17H2,1-2H3. The van der Waals surface area contributed by atoms with Crippen molar-refractivity contribution in [1.29, 1.82) is 0 Å². The van der Waals surface area contributed by atoms with Crippen LogP contribution in [-0.4, -0.2) is 11.1 Å². The van der Waals surface area contributed by atoms with Gasteiger partial charge in [-0.1, -0.05) is 25.7 Å². The molecule has 20 heavy (non-hydrogen) atoms. The van der Waals surface area contributed by atoms with E-state index in [1.165, 1.54) is 32.1 Å². The first-order chi connectivity index (χ1) is 9.69. The molecule has 112 valence electrons. The van der Waals surface area contributed by atoms with E-state index in [0.717, 1.165) is 23.7 Å². The maximum Gasteiger partial charge on any atom is 0.138 e. The van der Waals surface area contributed by atoms with Gasteiger partial charge in [-0.25, -0.2) is 0 Å². The molecule has 1 heterocycles. The van der Waals surface area contributed by atoms with Crippen molar-refractivity contribution in [2.24, 2.45) is 11.8 Å². The zero-order valence-electron chi connectivity index (χ0n) is 12.6. The second kappa shape index (κ2) is 7.60. The number of hydrogen-bond acceptors (Lipinski definition) is 4. The predicted molar refractivity (Wildman–Crippen MR) is 81.3 cm³/mol. The molecular formula is C16H27N3O. The minimum Gasteiger partial charge on any atom is -0.489 e. The molecule has 1 unspecified atom stereocenters. The third kappa shape index (κ3) is 4.46. The van der Waals surface area contributed by atoms with Crippen LogP contribution in [0, 0.1) is 5.92 Å². The van der Waals surface area contributed by atoms with Crippen molar-refractivity contribution >= 4 is 0 Å². The molecule has 1 aromatic rings. The van der Waals surface area contributed by atoms with E-state index in [2.05, 4.69) is 10.4 Å². The normalized spacial score (nSPS) is 17.6. The maximum atomic E-state index is 5.72. The largest absolute Gasteiger partial charge is 0.489 e. The van der Waals surface area contributed by atoms with Crippen LogP contribution in [0.2, 0.25) is 0 Å². The molecule has 1 saturated carbocycles. The molecule has 1 aliphatic carbocycles. The zero-order valence-corrected chi connectivity index (χ0v) is 12.6. The lowest BCUT2D eigenvalue weighted by Crippen LogP contribution is -2.28. The summed E-state index contributed by atoms with van der Waals surface area (Å²) in [4.78, 5) is 4.27. The highest BCUT2D eigenvalue weighted by Gasteiger charge is 2.18. The number of hydrazine groups is 1. The van der Waals surface area contributed by atoms with Gasteiger partial charge in [0.05, 0.1) is 12.3 Å². The first-order valence-corrected chi connectivity index (χ1v) is 7.76. The van der Waals surface area contributed by atoms with E-state index in [4.69, 9.17) is 10.6 Å². The minimum atomic E-state index is 0.162. The summed E-state index contributed by atoms with van der Waals surface area (Å²) in [5, 5.41) is 0. The van der Waals surface area contributed by atoms with Crippen molar-refractivity contribution in [2.75, 3.05) is 0 Å². The van der Waals surface area contributed by atoms with Crippen LogP contribution >= 0.6 is 0 Å². The van der Waals surface area contributed by atoms with E-state index in [9.17, 15) is 0 Å². The van der Waals surface area contributed by atoms with Gasteiger partial charge in [0.15, 0.2) is 0 Å². The topological polar surface area (TPSA) is 60.2 Å². The highest BCUT2D eigenvalue weighted by molar-refractivity contribution is 5.26. The number of rotatable bonds is 7. The number of ether oxygens (including phenoxy) is 1. The minimum absolute atomic E-state index is 0.162. The smallest absolute Gasteiger partial charge is 0.138 e. The second-order valence-electron chi connectivity index (χ2n) is 6.07. The average molecular weight is 277 g/mol. The summed E-state index contributed by atoms with van der Waals surface area (Å²) < 4.78 is 5.70. The molecule has 2 rings (SSSR count). The number of pyridine rings is 1. The molecule has 0 radical (unpaired) electrons. The third-order valence-electron chi connectivity index (χ3n) is 4.05. The highest BCUT2D eigenvalue weighted by Crippen LogP contribution is 2.31. The van der Waals surface area contributed by atoms with E-state index < -0.39 is 0 Å². The molecule has 1 atom stereocenters. The van der Waals surface area contributed by atoms with Crippen LogP contribution in [-0.2, 0) is 0 Å². The Bertz CT molecular complexity index is 402. The summed E-state index contributed by atoms with van der Waals surface area (Å²) in [7, 11) is 0. The summed E-state index contributed by atoms with van der Waals surface area (Å²) in [5.74, 6) is 7.42. The summed E-state index contributed by atoms with van der Waals surface area (Å²) in [6.45, 7) is 4.04. The van der Waals surface area contributed by atoms with E-state index in [0.29, 0.717) is 0 Å². The lowest BCUT2D eigenvalue weighted by atomic mass is 9.96. The Labute approximate surface area is 122 Å². The quantitative estimate of drug-likeness (QED) is 0.593. The number of nitrogens with two attached hydrogens (primary N) is 1. The van der Waals surface area contributed by atoms with E-state index >= 15 is 0 Å². The van der Waals surface area contributed by atoms with E-state index in [-0.39, 0.29) is 12.1 Å². The van der Waals surface area contributed by atoms with Gasteiger partial charge in [0, 0.05) is 12.2 Å². The van der Waals surface area contributed by atoms with Gasteiger partial charge in [-0.2, -0.15) is 0 Å². The van der Waals surface area contributed by atoms with Crippen LogP contribution in [0.4, 0.5) is 0 Å². The van der Waals surface area contributed by atoms with Crippen LogP contribution in [0.15, 0.2) is 18.5 Å². The Kier molecular flexibility index (Phi) is 5.80. The van der Waals surface area contributed by atoms with Gasteiger partial charge in [-0.05, 0) is 44.2 Å². The molecule has 0 bridgehead atoms. The lowest BCUT2D eigenvalue weighted by Gasteiger charge is -2.19. The average Bonchev–Trinajstić information content (AvgIpc) is 2.92. The summed E-state index contributed by atoms with van der Waals surface area (Å²) in [5.41, 5.74) is 4.04. The molecule has 0 spiro atoms. The number of aromatic nitrogens is 1. The maximum absolute atomic E-state index is 5.72. The van der Waals surface area contributed by atoms with Crippen molar-refractivity contribution in [3.05, 3.63) is 24.0 Å². The number of nitrogens with zero attached hydrogens (tertiary/aromatic N) is 1. The molecular weight excluding hydrogens is 250 g/mol. The second-order valence-corrected chi connectivity index (χ2v) is 6.07. The molecule has 4 heteroatoms. The van der Waals surface area contributed by atoms with Gasteiger partial charge in [-0.3, -0.25) is 16.3 Å². The monoisotopic (exact) mass is 277 g/mol. The van der Waals surface area contributed by atoms with Crippen molar-refractivity contribution in [3.8, 4) is 5.75 Å². The Balaban J connectivity index is 1.95. The van der Waals surface area contributed by atoms with Crippen LogP contribution in [0.3, 0.4) is 0 Å². The molecule has 1 aliphatic rings. The lowest BCUT2D eigenvalue weighted by molar-refractivity contribution is 0.241. The fourth-order valence-corrected chi connectivity index (χ4v) is 3.01. The van der Waals surface area contributed by atoms with Crippen molar-refractivity contribution < 1.29 is 4.74 Å². The predicted octanol–water partition coefficient (Wildman–Crippen LogP) is 3.34. The summed E-state index contributed by atoms with van der Waals surface area (Å²) >= 11 is 0. The van der Waals surface area contributed by atoms with Gasteiger partial charge in [0.2, 0.25) is 0 Å². The van der Waals surface area contributed by atoms with E-state index in [1.54, 1.807) is 6.20 Å². The van der Waals surface area contributed by atoms with Gasteiger partial charge < -0.3 is 4.74 Å². The fourth-order valence-electron chi connectivity index (χ4n) is 3.01. The fraction of sp³-hybridized carbons (Fsp3) is 0.688. The Morgan fingerprint density at radius 2 is 2.10 bits per heavy atom. The van der Waals surface area contributed by atoms with Crippen LogP contribution < -0.4 is 16.0 Å². The molecule has 1 aromatic heterocycles. The Morgan fingerprint density at radius 3 is 2.75 bits per heavy atom. The third-order valence-corrected chi connectivity index (χ3v) is 4.05. The van der Waals surface area contributed by atoms with Gasteiger partial charge in [0.1, 0.15) is 5.75 Å². The molecule has 3 N–H and O–H groups in total. The molecule has 0 saturated heterocycles. The first-order valence-electron chi connectivity index (χ1n) is 7.76. The Morgan fingerprint density at radius 1 is 1.35 bits per heavy atom. The summed E-state index contributed by atoms with van der Waals surface area (Å²) in [6, 6.07) is 2.21. The number of hydrogen-bond donors (Lipinski definition) is 2. The Hall–Kier alpha value is -1.13. The van der Waals surface area contributed by atoms with Crippen LogP contribution in [0.25, 0.3) is 0 Å². The molecule has 1 fully saturated rings. The highest BCUT2D eigenvalue weighted by atomic mass is 16.5. The number of nitrogens with one attached hydrogen (secondary N) is 1. The van der Waals surface area contributed by atoms with Crippen LogP contribution in [0.1, 0.15) is 64.0 Å². The molecule has 0 aliphatic heterocycles. The van der Waals surface area contributed by atoms with Gasteiger partial charge in [-0.15, -0.1) is 0 Å². The SMILES string of the molecule is CC(C)Oc1cncc(C(CCC2CCCC2)NN)c1. The van der Waals surface area contributed by atoms with Crippen molar-refractivity contribution in [3.63, 3.8) is 0 Å². The van der Waals surface area contributed by atoms with Gasteiger partial charge >= 0.3 is 0 Å². The van der Waals surface area contributed by atoms with Crippen molar-refractivity contribution in [1.82, 2.24) is 10.4 Å². The summed E-state index contributed by atoms with van der Waals surface area (Å²) in [6.07, 6.45) is 11.7.